The lowest BCUT2D eigenvalue weighted by atomic mass is 10.1. The van der Waals surface area contributed by atoms with Crippen LogP contribution >= 0.6 is 0 Å². The molecule has 3 nitrogen and oxygen atoms in total. The van der Waals surface area contributed by atoms with Crippen molar-refractivity contribution in [3.63, 3.8) is 0 Å². The average Bonchev–Trinajstić information content (AvgIpc) is 2.43. The molecular weight excluding hydrogens is 248 g/mol. The second-order valence-electron chi connectivity index (χ2n) is 5.20. The molecular formula is C17H22N2O. The van der Waals surface area contributed by atoms with Crippen molar-refractivity contribution in [1.29, 1.82) is 0 Å². The molecule has 1 atom stereocenters. The molecule has 0 amide bonds. The highest BCUT2D eigenvalue weighted by Crippen LogP contribution is 2.28. The molecule has 0 saturated carbocycles. The Bertz CT molecular complexity index is 552. The van der Waals surface area contributed by atoms with Gasteiger partial charge in [0.2, 0.25) is 0 Å². The van der Waals surface area contributed by atoms with Gasteiger partial charge in [0, 0.05) is 17.8 Å². The highest BCUT2D eigenvalue weighted by molar-refractivity contribution is 5.61. The van der Waals surface area contributed by atoms with Crippen LogP contribution in [-0.2, 0) is 0 Å². The van der Waals surface area contributed by atoms with Crippen molar-refractivity contribution in [3.05, 3.63) is 54.1 Å². The molecule has 20 heavy (non-hydrogen) atoms. The van der Waals surface area contributed by atoms with Crippen molar-refractivity contribution >= 4 is 11.4 Å². The summed E-state index contributed by atoms with van der Waals surface area (Å²) in [4.78, 5) is 0. The van der Waals surface area contributed by atoms with Gasteiger partial charge in [0.15, 0.2) is 0 Å². The lowest BCUT2D eigenvalue weighted by molar-refractivity contribution is 0.244. The zero-order valence-corrected chi connectivity index (χ0v) is 12.3. The number of rotatable bonds is 5. The monoisotopic (exact) mass is 270 g/mol. The minimum Gasteiger partial charge on any atom is -0.489 e. The first-order valence-electron chi connectivity index (χ1n) is 6.94. The number of nitrogens with one attached hydrogen (secondary N) is 1. The first-order valence-corrected chi connectivity index (χ1v) is 6.94. The van der Waals surface area contributed by atoms with Crippen LogP contribution in [0.4, 0.5) is 11.4 Å². The van der Waals surface area contributed by atoms with Crippen LogP contribution in [-0.4, -0.2) is 6.10 Å². The van der Waals surface area contributed by atoms with E-state index in [-0.39, 0.29) is 12.1 Å². The molecule has 0 radical (unpaired) electrons. The molecule has 0 aliphatic carbocycles. The fraction of sp³-hybridized carbons (Fsp3) is 0.294. The number of anilines is 2. The molecule has 2 aromatic rings. The summed E-state index contributed by atoms with van der Waals surface area (Å²) in [6, 6.07) is 16.4. The summed E-state index contributed by atoms with van der Waals surface area (Å²) >= 11 is 0. The van der Waals surface area contributed by atoms with E-state index < -0.39 is 0 Å². The third-order valence-electron chi connectivity index (χ3n) is 3.06. The van der Waals surface area contributed by atoms with Crippen molar-refractivity contribution in [2.45, 2.75) is 32.9 Å². The van der Waals surface area contributed by atoms with Crippen LogP contribution in [0.1, 0.15) is 32.4 Å². The molecule has 1 unspecified atom stereocenters. The number of ether oxygens (including phenoxy) is 1. The van der Waals surface area contributed by atoms with E-state index in [0.29, 0.717) is 5.69 Å². The smallest absolute Gasteiger partial charge is 0.144 e. The first-order chi connectivity index (χ1) is 9.56. The molecule has 0 heterocycles. The van der Waals surface area contributed by atoms with Crippen LogP contribution in [0.5, 0.6) is 5.75 Å². The fourth-order valence-corrected chi connectivity index (χ4v) is 2.06. The van der Waals surface area contributed by atoms with Crippen molar-refractivity contribution in [3.8, 4) is 5.75 Å². The number of nitrogens with two attached hydrogens (primary N) is 1. The molecule has 0 spiro atoms. The van der Waals surface area contributed by atoms with Crippen LogP contribution in [0.15, 0.2) is 48.5 Å². The average molecular weight is 270 g/mol. The second-order valence-corrected chi connectivity index (χ2v) is 5.20. The number of hydrogen-bond acceptors (Lipinski definition) is 3. The molecule has 0 fully saturated rings. The molecule has 3 heteroatoms. The van der Waals surface area contributed by atoms with Gasteiger partial charge in [0.25, 0.3) is 0 Å². The van der Waals surface area contributed by atoms with E-state index in [1.165, 1.54) is 5.56 Å². The van der Waals surface area contributed by atoms with Gasteiger partial charge in [-0.1, -0.05) is 30.3 Å². The van der Waals surface area contributed by atoms with E-state index >= 15 is 0 Å². The van der Waals surface area contributed by atoms with Gasteiger partial charge in [-0.3, -0.25) is 0 Å². The van der Waals surface area contributed by atoms with Gasteiger partial charge in [-0.25, -0.2) is 0 Å². The fourth-order valence-electron chi connectivity index (χ4n) is 2.06. The van der Waals surface area contributed by atoms with E-state index in [4.69, 9.17) is 10.5 Å². The van der Waals surface area contributed by atoms with E-state index in [0.717, 1.165) is 11.4 Å². The molecule has 2 rings (SSSR count). The van der Waals surface area contributed by atoms with Crippen LogP contribution in [0.3, 0.4) is 0 Å². The van der Waals surface area contributed by atoms with E-state index in [9.17, 15) is 0 Å². The number of hydrogen-bond donors (Lipinski definition) is 2. The maximum atomic E-state index is 5.93. The highest BCUT2D eigenvalue weighted by atomic mass is 16.5. The van der Waals surface area contributed by atoms with Crippen molar-refractivity contribution in [2.75, 3.05) is 11.1 Å². The highest BCUT2D eigenvalue weighted by Gasteiger charge is 2.08. The van der Waals surface area contributed by atoms with E-state index in [1.807, 2.05) is 50.2 Å². The topological polar surface area (TPSA) is 47.3 Å². The molecule has 3 N–H and O–H groups in total. The van der Waals surface area contributed by atoms with Gasteiger partial charge in [-0.15, -0.1) is 0 Å². The minimum atomic E-state index is 0.110. The molecule has 2 aromatic carbocycles. The largest absolute Gasteiger partial charge is 0.489 e. The summed E-state index contributed by atoms with van der Waals surface area (Å²) in [5, 5.41) is 3.46. The Kier molecular flexibility index (Phi) is 4.51. The quantitative estimate of drug-likeness (QED) is 0.799. The SMILES string of the molecule is CC(C)Oc1cc(NC(C)c2ccccc2)ccc1N. The predicted octanol–water partition coefficient (Wildman–Crippen LogP) is 4.23. The van der Waals surface area contributed by atoms with E-state index in [2.05, 4.69) is 24.4 Å². The van der Waals surface area contributed by atoms with Gasteiger partial charge >= 0.3 is 0 Å². The molecule has 0 bridgehead atoms. The molecule has 106 valence electrons. The summed E-state index contributed by atoms with van der Waals surface area (Å²) in [5.41, 5.74) is 8.84. The van der Waals surface area contributed by atoms with Gasteiger partial charge in [0.05, 0.1) is 11.8 Å². The molecule has 0 aliphatic rings. The lowest BCUT2D eigenvalue weighted by Crippen LogP contribution is -2.09. The summed E-state index contributed by atoms with van der Waals surface area (Å²) in [6.45, 7) is 6.12. The summed E-state index contributed by atoms with van der Waals surface area (Å²) < 4.78 is 5.71. The summed E-state index contributed by atoms with van der Waals surface area (Å²) in [5.74, 6) is 0.727. The van der Waals surface area contributed by atoms with Gasteiger partial charge in [-0.2, -0.15) is 0 Å². The zero-order chi connectivity index (χ0) is 14.5. The Hall–Kier alpha value is -2.16. The third-order valence-corrected chi connectivity index (χ3v) is 3.06. The Balaban J connectivity index is 2.13. The van der Waals surface area contributed by atoms with Gasteiger partial charge in [0.1, 0.15) is 5.75 Å². The normalized spacial score (nSPS) is 12.2. The zero-order valence-electron chi connectivity index (χ0n) is 12.3. The van der Waals surface area contributed by atoms with Gasteiger partial charge < -0.3 is 15.8 Å². The summed E-state index contributed by atoms with van der Waals surface area (Å²) in [7, 11) is 0. The maximum Gasteiger partial charge on any atom is 0.144 e. The van der Waals surface area contributed by atoms with Crippen LogP contribution < -0.4 is 15.8 Å². The standard InChI is InChI=1S/C17H22N2O/c1-12(2)20-17-11-15(9-10-16(17)18)19-13(3)14-7-5-4-6-8-14/h4-13,19H,18H2,1-3H3. The third kappa shape index (κ3) is 3.67. The van der Waals surface area contributed by atoms with Crippen LogP contribution in [0.25, 0.3) is 0 Å². The van der Waals surface area contributed by atoms with Crippen molar-refractivity contribution in [1.82, 2.24) is 0 Å². The molecule has 0 saturated heterocycles. The molecule has 0 aliphatic heterocycles. The minimum absolute atomic E-state index is 0.110. The van der Waals surface area contributed by atoms with Crippen molar-refractivity contribution in [2.24, 2.45) is 0 Å². The van der Waals surface area contributed by atoms with Crippen molar-refractivity contribution < 1.29 is 4.74 Å². The summed E-state index contributed by atoms with van der Waals surface area (Å²) in [6.07, 6.45) is 0.110. The Morgan fingerprint density at radius 3 is 2.35 bits per heavy atom. The predicted molar refractivity (Wildman–Crippen MR) is 85.1 cm³/mol. The van der Waals surface area contributed by atoms with E-state index in [1.54, 1.807) is 0 Å². The van der Waals surface area contributed by atoms with Gasteiger partial charge in [-0.05, 0) is 38.5 Å². The lowest BCUT2D eigenvalue weighted by Gasteiger charge is -2.18. The Labute approximate surface area is 120 Å². The molecule has 0 aromatic heterocycles. The Morgan fingerprint density at radius 2 is 1.70 bits per heavy atom. The Morgan fingerprint density at radius 1 is 1.00 bits per heavy atom. The number of nitrogen functional groups attached to an aromatic ring is 1. The maximum absolute atomic E-state index is 5.93. The van der Waals surface area contributed by atoms with Crippen LogP contribution in [0, 0.1) is 0 Å². The first kappa shape index (κ1) is 14.3. The van der Waals surface area contributed by atoms with Crippen LogP contribution in [0.2, 0.25) is 0 Å². The second kappa shape index (κ2) is 6.33. The number of benzene rings is 2.